The Bertz CT molecular complexity index is 1320. The number of nitrogens with one attached hydrogen (secondary N) is 1. The molecular weight excluding hydrogens is 466 g/mol. The number of hydrazone groups is 1. The zero-order chi connectivity index (χ0) is 25.6. The summed E-state index contributed by atoms with van der Waals surface area (Å²) in [5, 5.41) is 4.14. The van der Waals surface area contributed by atoms with Crippen LogP contribution in [-0.4, -0.2) is 40.8 Å². The van der Waals surface area contributed by atoms with E-state index in [-0.39, 0.29) is 10.6 Å². The third kappa shape index (κ3) is 6.19. The van der Waals surface area contributed by atoms with Crippen LogP contribution < -0.4 is 19.2 Å². The van der Waals surface area contributed by atoms with Crippen LogP contribution in [0.25, 0.3) is 0 Å². The average molecular weight is 496 g/mol. The third-order valence-electron chi connectivity index (χ3n) is 5.26. The lowest BCUT2D eigenvalue weighted by atomic mass is 10.1. The molecule has 3 rings (SSSR count). The molecule has 1 amide bonds. The van der Waals surface area contributed by atoms with Crippen LogP contribution in [0.4, 0.5) is 5.69 Å². The van der Waals surface area contributed by atoms with Crippen LogP contribution in [0.3, 0.4) is 0 Å². The highest BCUT2D eigenvalue weighted by atomic mass is 32.2. The Morgan fingerprint density at radius 1 is 0.914 bits per heavy atom. The maximum Gasteiger partial charge on any atom is 0.264 e. The zero-order valence-electron chi connectivity index (χ0n) is 20.4. The normalized spacial score (nSPS) is 11.6. The number of hydrogen-bond donors (Lipinski definition) is 1. The average Bonchev–Trinajstić information content (AvgIpc) is 2.85. The summed E-state index contributed by atoms with van der Waals surface area (Å²) in [6.45, 7) is 5.03. The van der Waals surface area contributed by atoms with Crippen molar-refractivity contribution in [1.29, 1.82) is 0 Å². The molecule has 0 unspecified atom stereocenters. The van der Waals surface area contributed by atoms with E-state index >= 15 is 0 Å². The van der Waals surface area contributed by atoms with Crippen molar-refractivity contribution < 1.29 is 22.7 Å². The fourth-order valence-electron chi connectivity index (χ4n) is 3.57. The van der Waals surface area contributed by atoms with Gasteiger partial charge in [0.15, 0.2) is 11.5 Å². The minimum atomic E-state index is -4.14. The number of carbonyl (C=O) groups is 1. The van der Waals surface area contributed by atoms with Crippen LogP contribution in [0.2, 0.25) is 0 Å². The summed E-state index contributed by atoms with van der Waals surface area (Å²) in [4.78, 5) is 12.8. The second-order valence-corrected chi connectivity index (χ2v) is 9.83. The Morgan fingerprint density at radius 2 is 1.54 bits per heavy atom. The molecule has 3 aromatic rings. The van der Waals surface area contributed by atoms with Crippen LogP contribution in [0.5, 0.6) is 11.5 Å². The van der Waals surface area contributed by atoms with E-state index in [0.717, 1.165) is 21.0 Å². The number of sulfonamides is 1. The molecule has 0 aliphatic carbocycles. The number of methoxy groups -OCH3 is 2. The SMILES string of the molecule is COc1ccc(S(=O)(=O)N(CC(=O)NN=C(C)c2ccccc2)c2cc(C)cc(C)c2)cc1OC. The molecule has 35 heavy (non-hydrogen) atoms. The van der Waals surface area contributed by atoms with Gasteiger partial charge in [-0.15, -0.1) is 0 Å². The summed E-state index contributed by atoms with van der Waals surface area (Å²) in [6, 6.07) is 19.0. The van der Waals surface area contributed by atoms with Crippen LogP contribution in [0.15, 0.2) is 76.7 Å². The van der Waals surface area contributed by atoms with Crippen LogP contribution in [-0.2, 0) is 14.8 Å². The predicted molar refractivity (Wildman–Crippen MR) is 137 cm³/mol. The van der Waals surface area contributed by atoms with E-state index in [0.29, 0.717) is 17.1 Å². The standard InChI is InChI=1S/C26H29N3O5S/c1-18-13-19(2)15-22(14-18)29(17-26(30)28-27-20(3)21-9-7-6-8-10-21)35(31,32)23-11-12-24(33-4)25(16-23)34-5/h6-16H,17H2,1-5H3,(H,28,30). The zero-order valence-corrected chi connectivity index (χ0v) is 21.2. The number of carbonyl (C=O) groups excluding carboxylic acids is 1. The van der Waals surface area contributed by atoms with Gasteiger partial charge in [0.2, 0.25) is 0 Å². The van der Waals surface area contributed by atoms with E-state index < -0.39 is 22.5 Å². The molecule has 0 radical (unpaired) electrons. The molecule has 0 fully saturated rings. The number of amides is 1. The summed E-state index contributed by atoms with van der Waals surface area (Å²) in [5.74, 6) is 0.0813. The van der Waals surface area contributed by atoms with Gasteiger partial charge in [0, 0.05) is 6.07 Å². The van der Waals surface area contributed by atoms with Crippen molar-refractivity contribution in [2.45, 2.75) is 25.7 Å². The van der Waals surface area contributed by atoms with Gasteiger partial charge in [0.1, 0.15) is 6.54 Å². The summed E-state index contributed by atoms with van der Waals surface area (Å²) < 4.78 is 39.0. The molecule has 184 valence electrons. The monoisotopic (exact) mass is 495 g/mol. The summed E-state index contributed by atoms with van der Waals surface area (Å²) >= 11 is 0. The van der Waals surface area contributed by atoms with Gasteiger partial charge in [-0.05, 0) is 61.7 Å². The number of ether oxygens (including phenoxy) is 2. The number of nitrogens with zero attached hydrogens (tertiary/aromatic N) is 2. The molecule has 0 spiro atoms. The van der Waals surface area contributed by atoms with E-state index in [9.17, 15) is 13.2 Å². The Labute approximate surface area is 206 Å². The lowest BCUT2D eigenvalue weighted by molar-refractivity contribution is -0.119. The van der Waals surface area contributed by atoms with E-state index in [1.807, 2.05) is 50.2 Å². The molecule has 0 aliphatic heterocycles. The maximum atomic E-state index is 13.7. The first kappa shape index (κ1) is 25.8. The fourth-order valence-corrected chi connectivity index (χ4v) is 4.99. The minimum Gasteiger partial charge on any atom is -0.493 e. The van der Waals surface area contributed by atoms with Gasteiger partial charge in [0.05, 0.1) is 30.5 Å². The molecular formula is C26H29N3O5S. The van der Waals surface area contributed by atoms with Gasteiger partial charge in [0.25, 0.3) is 15.9 Å². The molecule has 0 saturated carbocycles. The summed E-state index contributed by atoms with van der Waals surface area (Å²) in [7, 11) is -1.25. The maximum absolute atomic E-state index is 13.7. The number of anilines is 1. The highest BCUT2D eigenvalue weighted by Crippen LogP contribution is 2.32. The Kier molecular flexibility index (Phi) is 8.14. The smallest absolute Gasteiger partial charge is 0.264 e. The van der Waals surface area contributed by atoms with Gasteiger partial charge >= 0.3 is 0 Å². The molecule has 8 nitrogen and oxygen atoms in total. The Morgan fingerprint density at radius 3 is 2.14 bits per heavy atom. The largest absolute Gasteiger partial charge is 0.493 e. The minimum absolute atomic E-state index is 0.0360. The van der Waals surface area contributed by atoms with Crippen molar-refractivity contribution in [3.8, 4) is 11.5 Å². The van der Waals surface area contributed by atoms with E-state index in [1.165, 1.54) is 32.4 Å². The Balaban J connectivity index is 1.97. The van der Waals surface area contributed by atoms with Crippen LogP contribution in [0.1, 0.15) is 23.6 Å². The fraction of sp³-hybridized carbons (Fsp3) is 0.231. The molecule has 3 aromatic carbocycles. The van der Waals surface area contributed by atoms with Gasteiger partial charge in [-0.25, -0.2) is 13.8 Å². The number of aryl methyl sites for hydroxylation is 2. The van der Waals surface area contributed by atoms with Crippen LogP contribution in [0, 0.1) is 13.8 Å². The molecule has 9 heteroatoms. The van der Waals surface area contributed by atoms with Crippen molar-refractivity contribution in [3.05, 3.63) is 83.4 Å². The highest BCUT2D eigenvalue weighted by Gasteiger charge is 2.28. The van der Waals surface area contributed by atoms with Crippen molar-refractivity contribution in [2.75, 3.05) is 25.1 Å². The van der Waals surface area contributed by atoms with E-state index in [2.05, 4.69) is 10.5 Å². The second kappa shape index (κ2) is 11.1. The molecule has 0 aromatic heterocycles. The van der Waals surface area contributed by atoms with Gasteiger partial charge in [-0.2, -0.15) is 5.10 Å². The highest BCUT2D eigenvalue weighted by molar-refractivity contribution is 7.92. The van der Waals surface area contributed by atoms with Crippen molar-refractivity contribution in [1.82, 2.24) is 5.43 Å². The van der Waals surface area contributed by atoms with Crippen molar-refractivity contribution >= 4 is 27.3 Å². The molecule has 0 aliphatic rings. The molecule has 0 atom stereocenters. The number of benzene rings is 3. The number of hydrogen-bond acceptors (Lipinski definition) is 6. The van der Waals surface area contributed by atoms with E-state index in [1.54, 1.807) is 19.1 Å². The summed E-state index contributed by atoms with van der Waals surface area (Å²) in [6.07, 6.45) is 0. The topological polar surface area (TPSA) is 97.3 Å². The van der Waals surface area contributed by atoms with Crippen LogP contribution >= 0.6 is 0 Å². The predicted octanol–water partition coefficient (Wildman–Crippen LogP) is 4.06. The Hall–Kier alpha value is -3.85. The first-order valence-electron chi connectivity index (χ1n) is 10.9. The lowest BCUT2D eigenvalue weighted by Gasteiger charge is -2.25. The van der Waals surface area contributed by atoms with Crippen molar-refractivity contribution in [2.24, 2.45) is 5.10 Å². The van der Waals surface area contributed by atoms with E-state index in [4.69, 9.17) is 9.47 Å². The summed E-state index contributed by atoms with van der Waals surface area (Å²) in [5.41, 5.74) is 6.02. The van der Waals surface area contributed by atoms with Gasteiger partial charge < -0.3 is 9.47 Å². The third-order valence-corrected chi connectivity index (χ3v) is 7.03. The molecule has 1 N–H and O–H groups in total. The number of rotatable bonds is 9. The molecule has 0 bridgehead atoms. The first-order chi connectivity index (χ1) is 16.6. The first-order valence-corrected chi connectivity index (χ1v) is 12.3. The quantitative estimate of drug-likeness (QED) is 0.357. The lowest BCUT2D eigenvalue weighted by Crippen LogP contribution is -2.39. The van der Waals surface area contributed by atoms with Gasteiger partial charge in [-0.3, -0.25) is 9.10 Å². The van der Waals surface area contributed by atoms with Crippen molar-refractivity contribution in [3.63, 3.8) is 0 Å². The molecule has 0 saturated heterocycles. The van der Waals surface area contributed by atoms with Gasteiger partial charge in [-0.1, -0.05) is 36.4 Å². The second-order valence-electron chi connectivity index (χ2n) is 7.97. The molecule has 0 heterocycles.